The highest BCUT2D eigenvalue weighted by Crippen LogP contribution is 2.17. The lowest BCUT2D eigenvalue weighted by Crippen LogP contribution is -2.02. The van der Waals surface area contributed by atoms with Crippen LogP contribution in [0.2, 0.25) is 0 Å². The molecule has 0 fully saturated rings. The van der Waals surface area contributed by atoms with Crippen molar-refractivity contribution in [1.29, 1.82) is 0 Å². The van der Waals surface area contributed by atoms with Crippen molar-refractivity contribution in [3.8, 4) is 0 Å². The Hall–Kier alpha value is -2.50. The standard InChI is InChI=1S/C13H12FN5/c1-8-18-11-12(16-7-17-13(11)19-8)15-6-9-3-2-4-10(14)5-9/h2-5,7H,6H2,1H3,(H2,15,16,17,18,19). The SMILES string of the molecule is Cc1nc2ncnc(NCc3cccc(F)c3)c2[nH]1. The monoisotopic (exact) mass is 257 g/mol. The molecule has 0 bridgehead atoms. The van der Waals surface area contributed by atoms with Crippen molar-refractivity contribution >= 4 is 17.0 Å². The summed E-state index contributed by atoms with van der Waals surface area (Å²) in [6, 6.07) is 6.45. The number of aromatic nitrogens is 4. The summed E-state index contributed by atoms with van der Waals surface area (Å²) in [6.07, 6.45) is 1.45. The Bertz CT molecular complexity index is 722. The van der Waals surface area contributed by atoms with Crippen LogP contribution in [-0.2, 0) is 6.54 Å². The van der Waals surface area contributed by atoms with E-state index < -0.39 is 0 Å². The molecule has 2 aromatic heterocycles. The van der Waals surface area contributed by atoms with Crippen LogP contribution in [0.15, 0.2) is 30.6 Å². The molecule has 3 aromatic rings. The molecular weight excluding hydrogens is 245 g/mol. The van der Waals surface area contributed by atoms with Gasteiger partial charge in [0.25, 0.3) is 0 Å². The molecule has 2 N–H and O–H groups in total. The molecule has 3 rings (SSSR count). The van der Waals surface area contributed by atoms with Crippen LogP contribution in [0, 0.1) is 12.7 Å². The number of fused-ring (bicyclic) bond motifs is 1. The van der Waals surface area contributed by atoms with E-state index in [1.807, 2.05) is 13.0 Å². The van der Waals surface area contributed by atoms with E-state index in [0.29, 0.717) is 18.0 Å². The highest BCUT2D eigenvalue weighted by molar-refractivity contribution is 5.82. The number of anilines is 1. The van der Waals surface area contributed by atoms with E-state index in [1.165, 1.54) is 18.5 Å². The van der Waals surface area contributed by atoms with Gasteiger partial charge in [0.2, 0.25) is 0 Å². The fourth-order valence-electron chi connectivity index (χ4n) is 1.91. The Kier molecular flexibility index (Phi) is 2.83. The average molecular weight is 257 g/mol. The Morgan fingerprint density at radius 2 is 2.21 bits per heavy atom. The summed E-state index contributed by atoms with van der Waals surface area (Å²) in [5.74, 6) is 1.20. The molecule has 0 spiro atoms. The summed E-state index contributed by atoms with van der Waals surface area (Å²) < 4.78 is 13.1. The minimum Gasteiger partial charge on any atom is -0.364 e. The van der Waals surface area contributed by atoms with E-state index in [4.69, 9.17) is 0 Å². The third-order valence-corrected chi connectivity index (χ3v) is 2.76. The van der Waals surface area contributed by atoms with E-state index in [0.717, 1.165) is 16.9 Å². The largest absolute Gasteiger partial charge is 0.364 e. The van der Waals surface area contributed by atoms with E-state index in [2.05, 4.69) is 25.3 Å². The molecule has 6 heteroatoms. The number of hydrogen-bond acceptors (Lipinski definition) is 4. The first kappa shape index (κ1) is 11.6. The number of rotatable bonds is 3. The average Bonchev–Trinajstić information content (AvgIpc) is 2.77. The molecule has 0 aliphatic heterocycles. The highest BCUT2D eigenvalue weighted by Gasteiger charge is 2.07. The molecule has 0 saturated carbocycles. The maximum absolute atomic E-state index is 13.1. The second-order valence-electron chi connectivity index (χ2n) is 4.23. The minimum atomic E-state index is -0.246. The number of nitrogens with one attached hydrogen (secondary N) is 2. The molecule has 5 nitrogen and oxygen atoms in total. The highest BCUT2D eigenvalue weighted by atomic mass is 19.1. The van der Waals surface area contributed by atoms with Crippen LogP contribution in [0.3, 0.4) is 0 Å². The second kappa shape index (κ2) is 4.64. The summed E-state index contributed by atoms with van der Waals surface area (Å²) in [5, 5.41) is 3.16. The summed E-state index contributed by atoms with van der Waals surface area (Å²) in [6.45, 7) is 2.35. The number of H-pyrrole nitrogens is 1. The maximum Gasteiger partial charge on any atom is 0.183 e. The molecule has 96 valence electrons. The van der Waals surface area contributed by atoms with Gasteiger partial charge in [-0.3, -0.25) is 0 Å². The van der Waals surface area contributed by atoms with Crippen molar-refractivity contribution in [2.24, 2.45) is 0 Å². The summed E-state index contributed by atoms with van der Waals surface area (Å²) >= 11 is 0. The lowest BCUT2D eigenvalue weighted by atomic mass is 10.2. The quantitative estimate of drug-likeness (QED) is 0.756. The predicted molar refractivity (Wildman–Crippen MR) is 70.1 cm³/mol. The Morgan fingerprint density at radius 3 is 3.05 bits per heavy atom. The lowest BCUT2D eigenvalue weighted by molar-refractivity contribution is 0.626. The number of hydrogen-bond donors (Lipinski definition) is 2. The number of aromatic amines is 1. The maximum atomic E-state index is 13.1. The van der Waals surface area contributed by atoms with Gasteiger partial charge in [0.15, 0.2) is 11.5 Å². The first-order valence-electron chi connectivity index (χ1n) is 5.88. The number of halogens is 1. The Labute approximate surface area is 108 Å². The molecular formula is C13H12FN5. The van der Waals surface area contributed by atoms with Gasteiger partial charge < -0.3 is 10.3 Å². The first-order valence-corrected chi connectivity index (χ1v) is 5.88. The topological polar surface area (TPSA) is 66.5 Å². The number of benzene rings is 1. The zero-order valence-electron chi connectivity index (χ0n) is 10.3. The minimum absolute atomic E-state index is 0.246. The van der Waals surface area contributed by atoms with Crippen molar-refractivity contribution in [3.63, 3.8) is 0 Å². The molecule has 19 heavy (non-hydrogen) atoms. The number of imidazole rings is 1. The van der Waals surface area contributed by atoms with Gasteiger partial charge in [-0.2, -0.15) is 0 Å². The van der Waals surface area contributed by atoms with Gasteiger partial charge in [0.05, 0.1) is 0 Å². The molecule has 0 unspecified atom stereocenters. The van der Waals surface area contributed by atoms with Gasteiger partial charge in [0.1, 0.15) is 23.5 Å². The summed E-state index contributed by atoms with van der Waals surface area (Å²) in [7, 11) is 0. The predicted octanol–water partition coefficient (Wildman–Crippen LogP) is 2.41. The fraction of sp³-hybridized carbons (Fsp3) is 0.154. The number of aryl methyl sites for hydroxylation is 1. The molecule has 2 heterocycles. The zero-order valence-corrected chi connectivity index (χ0v) is 10.3. The Morgan fingerprint density at radius 1 is 1.32 bits per heavy atom. The number of nitrogens with zero attached hydrogens (tertiary/aromatic N) is 3. The van der Waals surface area contributed by atoms with Gasteiger partial charge in [-0.1, -0.05) is 12.1 Å². The van der Waals surface area contributed by atoms with E-state index >= 15 is 0 Å². The van der Waals surface area contributed by atoms with Crippen molar-refractivity contribution < 1.29 is 4.39 Å². The van der Waals surface area contributed by atoms with Crippen LogP contribution in [0.25, 0.3) is 11.2 Å². The van der Waals surface area contributed by atoms with Crippen LogP contribution in [0.4, 0.5) is 10.2 Å². The smallest absolute Gasteiger partial charge is 0.183 e. The van der Waals surface area contributed by atoms with Crippen molar-refractivity contribution in [2.75, 3.05) is 5.32 Å². The fourth-order valence-corrected chi connectivity index (χ4v) is 1.91. The van der Waals surface area contributed by atoms with Crippen molar-refractivity contribution in [2.45, 2.75) is 13.5 Å². The van der Waals surface area contributed by atoms with E-state index in [-0.39, 0.29) is 5.82 Å². The van der Waals surface area contributed by atoms with Crippen LogP contribution in [0.5, 0.6) is 0 Å². The van der Waals surface area contributed by atoms with E-state index in [1.54, 1.807) is 6.07 Å². The van der Waals surface area contributed by atoms with Crippen LogP contribution in [0.1, 0.15) is 11.4 Å². The summed E-state index contributed by atoms with van der Waals surface area (Å²) in [4.78, 5) is 15.6. The third-order valence-electron chi connectivity index (χ3n) is 2.76. The lowest BCUT2D eigenvalue weighted by Gasteiger charge is -2.06. The normalized spacial score (nSPS) is 10.8. The zero-order chi connectivity index (χ0) is 13.2. The van der Waals surface area contributed by atoms with Crippen LogP contribution >= 0.6 is 0 Å². The van der Waals surface area contributed by atoms with Gasteiger partial charge in [-0.25, -0.2) is 19.3 Å². The van der Waals surface area contributed by atoms with Crippen LogP contribution < -0.4 is 5.32 Å². The Balaban J connectivity index is 1.85. The first-order chi connectivity index (χ1) is 9.22. The molecule has 1 aromatic carbocycles. The van der Waals surface area contributed by atoms with Gasteiger partial charge in [-0.05, 0) is 24.6 Å². The van der Waals surface area contributed by atoms with Gasteiger partial charge >= 0.3 is 0 Å². The molecule has 0 atom stereocenters. The van der Waals surface area contributed by atoms with Gasteiger partial charge in [0, 0.05) is 6.54 Å². The molecule has 0 saturated heterocycles. The van der Waals surface area contributed by atoms with Crippen molar-refractivity contribution in [1.82, 2.24) is 19.9 Å². The second-order valence-corrected chi connectivity index (χ2v) is 4.23. The molecule has 0 radical (unpaired) electrons. The summed E-state index contributed by atoms with van der Waals surface area (Å²) in [5.41, 5.74) is 2.23. The molecule has 0 aliphatic rings. The molecule has 0 aliphatic carbocycles. The molecule has 0 amide bonds. The van der Waals surface area contributed by atoms with E-state index in [9.17, 15) is 4.39 Å². The van der Waals surface area contributed by atoms with Gasteiger partial charge in [-0.15, -0.1) is 0 Å². The van der Waals surface area contributed by atoms with Crippen LogP contribution in [-0.4, -0.2) is 19.9 Å². The third kappa shape index (κ3) is 2.37. The van der Waals surface area contributed by atoms with Crippen molar-refractivity contribution in [3.05, 3.63) is 47.8 Å².